The zero-order chi connectivity index (χ0) is 23.1. The molecule has 0 bridgehead atoms. The SMILES string of the molecule is CCCCCCCC/C=C\CCCCCC[C@@H](C(=O)O)C1=C(O)C(=O)O[C@H]1C(O)CO. The number of carboxylic acid groups (broad SMARTS) is 1. The Balaban J connectivity index is 2.28. The largest absolute Gasteiger partial charge is 0.502 e. The first-order valence-corrected chi connectivity index (χ1v) is 11.7. The highest BCUT2D eigenvalue weighted by molar-refractivity contribution is 5.92. The summed E-state index contributed by atoms with van der Waals surface area (Å²) in [6.07, 6.45) is 15.3. The van der Waals surface area contributed by atoms with E-state index < -0.39 is 42.4 Å². The molecule has 0 spiro atoms. The fourth-order valence-electron chi connectivity index (χ4n) is 3.89. The molecule has 0 saturated heterocycles. The van der Waals surface area contributed by atoms with Crippen molar-refractivity contribution in [3.63, 3.8) is 0 Å². The lowest BCUT2D eigenvalue weighted by Crippen LogP contribution is -2.35. The number of hydrogen-bond donors (Lipinski definition) is 4. The molecule has 0 fully saturated rings. The van der Waals surface area contributed by atoms with E-state index in [9.17, 15) is 24.9 Å². The first-order valence-electron chi connectivity index (χ1n) is 11.7. The van der Waals surface area contributed by atoms with Gasteiger partial charge >= 0.3 is 11.9 Å². The molecule has 31 heavy (non-hydrogen) atoms. The molecule has 1 rings (SSSR count). The van der Waals surface area contributed by atoms with Crippen LogP contribution in [0, 0.1) is 5.92 Å². The van der Waals surface area contributed by atoms with Gasteiger partial charge in [0.1, 0.15) is 6.10 Å². The molecule has 0 aromatic rings. The number of aliphatic carboxylic acids is 1. The van der Waals surface area contributed by atoms with E-state index in [1.807, 2.05) is 0 Å². The van der Waals surface area contributed by atoms with Gasteiger partial charge in [-0.05, 0) is 32.1 Å². The molecule has 0 saturated carbocycles. The van der Waals surface area contributed by atoms with Crippen molar-refractivity contribution in [2.75, 3.05) is 6.61 Å². The van der Waals surface area contributed by atoms with Crippen LogP contribution in [0.25, 0.3) is 0 Å². The standard InChI is InChI=1S/C24H40O7/c1-2-3-4-5-6-7-8-9-10-11-12-13-14-15-16-18(23(28)29)20-21(27)24(30)31-22(20)19(26)17-25/h9-10,18-19,22,25-27H,2-8,11-17H2,1H3,(H,28,29)/b10-9-/t18-,19?,22+/m1/s1. The highest BCUT2D eigenvalue weighted by Crippen LogP contribution is 2.33. The van der Waals surface area contributed by atoms with Crippen LogP contribution < -0.4 is 0 Å². The Labute approximate surface area is 185 Å². The molecular weight excluding hydrogens is 400 g/mol. The highest BCUT2D eigenvalue weighted by Gasteiger charge is 2.44. The van der Waals surface area contributed by atoms with Crippen molar-refractivity contribution in [2.24, 2.45) is 5.92 Å². The maximum Gasteiger partial charge on any atom is 0.374 e. The number of hydrogen-bond acceptors (Lipinski definition) is 6. The summed E-state index contributed by atoms with van der Waals surface area (Å²) in [7, 11) is 0. The van der Waals surface area contributed by atoms with Crippen molar-refractivity contribution in [3.05, 3.63) is 23.5 Å². The molecule has 0 aliphatic carbocycles. The van der Waals surface area contributed by atoms with Crippen LogP contribution in [0.2, 0.25) is 0 Å². The summed E-state index contributed by atoms with van der Waals surface area (Å²) in [6, 6.07) is 0. The van der Waals surface area contributed by atoms with E-state index in [-0.39, 0.29) is 12.0 Å². The van der Waals surface area contributed by atoms with Crippen LogP contribution in [-0.2, 0) is 14.3 Å². The van der Waals surface area contributed by atoms with E-state index in [4.69, 9.17) is 9.84 Å². The second-order valence-electron chi connectivity index (χ2n) is 8.29. The molecule has 3 atom stereocenters. The Morgan fingerprint density at radius 3 is 2.10 bits per heavy atom. The first-order chi connectivity index (χ1) is 14.9. The predicted octanol–water partition coefficient (Wildman–Crippen LogP) is 4.43. The van der Waals surface area contributed by atoms with Crippen molar-refractivity contribution in [3.8, 4) is 0 Å². The van der Waals surface area contributed by atoms with Gasteiger partial charge in [0.15, 0.2) is 6.10 Å². The summed E-state index contributed by atoms with van der Waals surface area (Å²) in [5.41, 5.74) is -0.142. The van der Waals surface area contributed by atoms with Crippen LogP contribution in [0.1, 0.15) is 90.4 Å². The second-order valence-corrected chi connectivity index (χ2v) is 8.29. The van der Waals surface area contributed by atoms with Gasteiger partial charge in [-0.1, -0.05) is 70.4 Å². The highest BCUT2D eigenvalue weighted by atomic mass is 16.6. The summed E-state index contributed by atoms with van der Waals surface area (Å²) in [5.74, 6) is -4.14. The lowest BCUT2D eigenvalue weighted by molar-refractivity contribution is -0.148. The Hall–Kier alpha value is -1.86. The molecule has 0 amide bonds. The quantitative estimate of drug-likeness (QED) is 0.141. The number of allylic oxidation sites excluding steroid dienone is 2. The van der Waals surface area contributed by atoms with E-state index in [0.717, 1.165) is 32.1 Å². The number of carboxylic acids is 1. The van der Waals surface area contributed by atoms with E-state index >= 15 is 0 Å². The summed E-state index contributed by atoms with van der Waals surface area (Å²) < 4.78 is 4.85. The van der Waals surface area contributed by atoms with Crippen LogP contribution >= 0.6 is 0 Å². The lowest BCUT2D eigenvalue weighted by atomic mass is 9.87. The summed E-state index contributed by atoms with van der Waals surface area (Å²) in [4.78, 5) is 23.3. The average Bonchev–Trinajstić information content (AvgIpc) is 3.04. The summed E-state index contributed by atoms with van der Waals surface area (Å²) in [6.45, 7) is 1.52. The molecule has 4 N–H and O–H groups in total. The molecule has 1 heterocycles. The number of rotatable bonds is 18. The van der Waals surface area contributed by atoms with Crippen molar-refractivity contribution in [1.29, 1.82) is 0 Å². The molecule has 1 unspecified atom stereocenters. The van der Waals surface area contributed by atoms with Gasteiger partial charge in [-0.15, -0.1) is 0 Å². The fraction of sp³-hybridized carbons (Fsp3) is 0.750. The van der Waals surface area contributed by atoms with Gasteiger partial charge in [0.25, 0.3) is 0 Å². The number of carbonyl (C=O) groups is 2. The van der Waals surface area contributed by atoms with Gasteiger partial charge in [-0.2, -0.15) is 0 Å². The van der Waals surface area contributed by atoms with Crippen molar-refractivity contribution < 1.29 is 34.8 Å². The number of aliphatic hydroxyl groups is 3. The Kier molecular flexibility index (Phi) is 13.9. The molecule has 1 aliphatic rings. The molecule has 0 radical (unpaired) electrons. The topological polar surface area (TPSA) is 124 Å². The number of esters is 1. The summed E-state index contributed by atoms with van der Waals surface area (Å²) in [5, 5.41) is 38.4. The fourth-order valence-corrected chi connectivity index (χ4v) is 3.89. The molecule has 7 nitrogen and oxygen atoms in total. The summed E-state index contributed by atoms with van der Waals surface area (Å²) >= 11 is 0. The lowest BCUT2D eigenvalue weighted by Gasteiger charge is -2.22. The van der Waals surface area contributed by atoms with Crippen LogP contribution in [-0.4, -0.2) is 51.2 Å². The van der Waals surface area contributed by atoms with Gasteiger partial charge < -0.3 is 25.2 Å². The van der Waals surface area contributed by atoms with Crippen LogP contribution in [0.3, 0.4) is 0 Å². The normalized spacial score (nSPS) is 18.5. The van der Waals surface area contributed by atoms with Gasteiger partial charge in [0.2, 0.25) is 5.76 Å². The van der Waals surface area contributed by atoms with Gasteiger partial charge in [0.05, 0.1) is 12.5 Å². The zero-order valence-corrected chi connectivity index (χ0v) is 18.8. The van der Waals surface area contributed by atoms with E-state index in [1.54, 1.807) is 0 Å². The third kappa shape index (κ3) is 9.87. The third-order valence-electron chi connectivity index (χ3n) is 5.72. The smallest absolute Gasteiger partial charge is 0.374 e. The molecule has 0 aromatic carbocycles. The Morgan fingerprint density at radius 1 is 1.00 bits per heavy atom. The average molecular weight is 441 g/mol. The second kappa shape index (κ2) is 15.9. The third-order valence-corrected chi connectivity index (χ3v) is 5.72. The molecule has 7 heteroatoms. The maximum absolute atomic E-state index is 11.7. The van der Waals surface area contributed by atoms with Gasteiger partial charge in [-0.25, -0.2) is 4.79 Å². The van der Waals surface area contributed by atoms with Crippen molar-refractivity contribution >= 4 is 11.9 Å². The van der Waals surface area contributed by atoms with Crippen LogP contribution in [0.5, 0.6) is 0 Å². The maximum atomic E-state index is 11.7. The predicted molar refractivity (Wildman–Crippen MR) is 119 cm³/mol. The number of ether oxygens (including phenoxy) is 1. The number of carbonyl (C=O) groups excluding carboxylic acids is 1. The van der Waals surface area contributed by atoms with Crippen molar-refractivity contribution in [2.45, 2.75) is 103 Å². The van der Waals surface area contributed by atoms with Crippen LogP contribution in [0.15, 0.2) is 23.5 Å². The van der Waals surface area contributed by atoms with Gasteiger partial charge in [-0.3, -0.25) is 4.79 Å². The number of aliphatic hydroxyl groups excluding tert-OH is 3. The minimum Gasteiger partial charge on any atom is -0.502 e. The molecular formula is C24H40O7. The van der Waals surface area contributed by atoms with Gasteiger partial charge in [0, 0.05) is 5.57 Å². The number of cyclic esters (lactones) is 1. The molecule has 1 aliphatic heterocycles. The Morgan fingerprint density at radius 2 is 1.55 bits per heavy atom. The van der Waals surface area contributed by atoms with Crippen molar-refractivity contribution in [1.82, 2.24) is 0 Å². The van der Waals surface area contributed by atoms with E-state index in [2.05, 4.69) is 19.1 Å². The first kappa shape index (κ1) is 27.2. The van der Waals surface area contributed by atoms with Crippen LogP contribution in [0.4, 0.5) is 0 Å². The number of unbranched alkanes of at least 4 members (excludes halogenated alkanes) is 10. The minimum atomic E-state index is -1.46. The Bertz CT molecular complexity index is 597. The zero-order valence-electron chi connectivity index (χ0n) is 18.8. The molecule has 178 valence electrons. The minimum absolute atomic E-state index is 0.142. The van der Waals surface area contributed by atoms with E-state index in [1.165, 1.54) is 38.5 Å². The molecule has 0 aromatic heterocycles. The van der Waals surface area contributed by atoms with E-state index in [0.29, 0.717) is 6.42 Å². The monoisotopic (exact) mass is 440 g/mol.